The van der Waals surface area contributed by atoms with Gasteiger partial charge in [-0.3, -0.25) is 0 Å². The lowest BCUT2D eigenvalue weighted by atomic mass is 10.1. The van der Waals surface area contributed by atoms with Crippen LogP contribution in [-0.2, 0) is 4.74 Å². The van der Waals surface area contributed by atoms with Gasteiger partial charge in [-0.15, -0.1) is 0 Å². The van der Waals surface area contributed by atoms with Crippen molar-refractivity contribution in [2.75, 3.05) is 6.61 Å². The quantitative estimate of drug-likeness (QED) is 0.706. The molecule has 1 aliphatic heterocycles. The summed E-state index contributed by atoms with van der Waals surface area (Å²) in [5.74, 6) is 0. The SMILES string of the molecule is Clc1ccc(C2COC=N2)c(Cl)c1. The van der Waals surface area contributed by atoms with Gasteiger partial charge < -0.3 is 4.74 Å². The van der Waals surface area contributed by atoms with E-state index >= 15 is 0 Å². The molecule has 0 spiro atoms. The average Bonchev–Trinajstić information content (AvgIpc) is 2.56. The summed E-state index contributed by atoms with van der Waals surface area (Å²) >= 11 is 11.8. The average molecular weight is 216 g/mol. The molecule has 4 heteroatoms. The van der Waals surface area contributed by atoms with Gasteiger partial charge >= 0.3 is 0 Å². The monoisotopic (exact) mass is 215 g/mol. The van der Waals surface area contributed by atoms with E-state index in [4.69, 9.17) is 27.9 Å². The Hall–Kier alpha value is -0.730. The summed E-state index contributed by atoms with van der Waals surface area (Å²) in [6, 6.07) is 5.41. The van der Waals surface area contributed by atoms with Crippen LogP contribution in [-0.4, -0.2) is 13.0 Å². The van der Waals surface area contributed by atoms with Gasteiger partial charge in [0, 0.05) is 10.0 Å². The molecule has 0 saturated carbocycles. The lowest BCUT2D eigenvalue weighted by molar-refractivity contribution is 0.330. The molecule has 0 radical (unpaired) electrons. The maximum atomic E-state index is 6.00. The second-order valence-electron chi connectivity index (χ2n) is 2.77. The van der Waals surface area contributed by atoms with E-state index in [1.807, 2.05) is 6.07 Å². The highest BCUT2D eigenvalue weighted by Gasteiger charge is 2.17. The molecule has 0 amide bonds. The normalized spacial score (nSPS) is 20.3. The fraction of sp³-hybridized carbons (Fsp3) is 0.222. The molecule has 0 N–H and O–H groups in total. The lowest BCUT2D eigenvalue weighted by Gasteiger charge is -2.07. The highest BCUT2D eigenvalue weighted by Crippen LogP contribution is 2.29. The van der Waals surface area contributed by atoms with Crippen molar-refractivity contribution >= 4 is 29.6 Å². The Bertz CT molecular complexity index is 351. The Morgan fingerprint density at radius 3 is 2.85 bits per heavy atom. The Kier molecular flexibility index (Phi) is 2.42. The first-order valence-corrected chi connectivity index (χ1v) is 4.61. The molecule has 1 aromatic rings. The number of ether oxygens (including phenoxy) is 1. The van der Waals surface area contributed by atoms with E-state index in [9.17, 15) is 0 Å². The first-order chi connectivity index (χ1) is 6.27. The van der Waals surface area contributed by atoms with Crippen LogP contribution in [0.1, 0.15) is 11.6 Å². The highest BCUT2D eigenvalue weighted by atomic mass is 35.5. The smallest absolute Gasteiger partial charge is 0.170 e. The number of benzene rings is 1. The van der Waals surface area contributed by atoms with Crippen LogP contribution >= 0.6 is 23.2 Å². The van der Waals surface area contributed by atoms with Gasteiger partial charge in [0.25, 0.3) is 0 Å². The standard InChI is InChI=1S/C9H7Cl2NO/c10-6-1-2-7(8(11)3-6)9-4-13-5-12-9/h1-3,5,9H,4H2. The number of hydrogen-bond donors (Lipinski definition) is 0. The number of hydrogen-bond acceptors (Lipinski definition) is 2. The fourth-order valence-electron chi connectivity index (χ4n) is 1.24. The van der Waals surface area contributed by atoms with Crippen molar-refractivity contribution in [3.8, 4) is 0 Å². The Labute approximate surface area is 86.1 Å². The Balaban J connectivity index is 2.34. The van der Waals surface area contributed by atoms with E-state index in [2.05, 4.69) is 4.99 Å². The molecule has 2 rings (SSSR count). The third-order valence-corrected chi connectivity index (χ3v) is 2.45. The molecule has 1 aliphatic rings. The molecule has 68 valence electrons. The summed E-state index contributed by atoms with van der Waals surface area (Å²) in [5.41, 5.74) is 0.958. The molecule has 1 aromatic carbocycles. The molecule has 0 aromatic heterocycles. The summed E-state index contributed by atoms with van der Waals surface area (Å²) in [4.78, 5) is 4.12. The van der Waals surface area contributed by atoms with Gasteiger partial charge in [-0.25, -0.2) is 4.99 Å². The maximum absolute atomic E-state index is 6.00. The molecule has 0 fully saturated rings. The topological polar surface area (TPSA) is 21.6 Å². The van der Waals surface area contributed by atoms with Gasteiger partial charge in [-0.2, -0.15) is 0 Å². The largest absolute Gasteiger partial charge is 0.481 e. The summed E-state index contributed by atoms with van der Waals surface area (Å²) in [6.45, 7) is 0.557. The molecule has 1 heterocycles. The predicted molar refractivity (Wildman–Crippen MR) is 53.6 cm³/mol. The Morgan fingerprint density at radius 2 is 2.23 bits per heavy atom. The van der Waals surface area contributed by atoms with E-state index in [0.29, 0.717) is 16.7 Å². The zero-order valence-corrected chi connectivity index (χ0v) is 8.22. The van der Waals surface area contributed by atoms with E-state index in [1.54, 1.807) is 12.1 Å². The summed E-state index contributed by atoms with van der Waals surface area (Å²) in [7, 11) is 0. The Morgan fingerprint density at radius 1 is 1.38 bits per heavy atom. The maximum Gasteiger partial charge on any atom is 0.170 e. The third kappa shape index (κ3) is 1.79. The van der Waals surface area contributed by atoms with Gasteiger partial charge in [-0.05, 0) is 17.7 Å². The van der Waals surface area contributed by atoms with Crippen LogP contribution in [0.25, 0.3) is 0 Å². The highest BCUT2D eigenvalue weighted by molar-refractivity contribution is 6.35. The minimum absolute atomic E-state index is 0.0183. The predicted octanol–water partition coefficient (Wildman–Crippen LogP) is 3.09. The van der Waals surface area contributed by atoms with Gasteiger partial charge in [0.05, 0.1) is 0 Å². The van der Waals surface area contributed by atoms with Crippen LogP contribution in [0.15, 0.2) is 23.2 Å². The molecule has 1 atom stereocenters. The van der Waals surface area contributed by atoms with E-state index < -0.39 is 0 Å². The lowest BCUT2D eigenvalue weighted by Crippen LogP contribution is -1.97. The van der Waals surface area contributed by atoms with Crippen LogP contribution in [0.4, 0.5) is 0 Å². The van der Waals surface area contributed by atoms with E-state index in [1.165, 1.54) is 6.40 Å². The first-order valence-electron chi connectivity index (χ1n) is 3.85. The van der Waals surface area contributed by atoms with Crippen LogP contribution < -0.4 is 0 Å². The molecule has 2 nitrogen and oxygen atoms in total. The number of nitrogens with zero attached hydrogens (tertiary/aromatic N) is 1. The molecular formula is C9H7Cl2NO. The van der Waals surface area contributed by atoms with Crippen molar-refractivity contribution in [3.63, 3.8) is 0 Å². The first kappa shape index (κ1) is 8.85. The fourth-order valence-corrected chi connectivity index (χ4v) is 1.77. The number of aliphatic imine (C=N–C) groups is 1. The van der Waals surface area contributed by atoms with Gasteiger partial charge in [-0.1, -0.05) is 29.3 Å². The minimum atomic E-state index is 0.0183. The molecule has 1 unspecified atom stereocenters. The molecule has 0 aliphatic carbocycles. The second-order valence-corrected chi connectivity index (χ2v) is 3.61. The van der Waals surface area contributed by atoms with Crippen molar-refractivity contribution in [2.45, 2.75) is 6.04 Å². The minimum Gasteiger partial charge on any atom is -0.481 e. The second kappa shape index (κ2) is 3.56. The van der Waals surface area contributed by atoms with Gasteiger partial charge in [0.1, 0.15) is 12.6 Å². The van der Waals surface area contributed by atoms with Crippen molar-refractivity contribution < 1.29 is 4.74 Å². The van der Waals surface area contributed by atoms with Crippen LogP contribution in [0, 0.1) is 0 Å². The van der Waals surface area contributed by atoms with E-state index in [0.717, 1.165) is 5.56 Å². The summed E-state index contributed by atoms with van der Waals surface area (Å²) in [6.07, 6.45) is 1.45. The zero-order valence-electron chi connectivity index (χ0n) is 6.71. The molecule has 13 heavy (non-hydrogen) atoms. The van der Waals surface area contributed by atoms with Crippen LogP contribution in [0.2, 0.25) is 10.0 Å². The summed E-state index contributed by atoms with van der Waals surface area (Å²) < 4.78 is 5.01. The van der Waals surface area contributed by atoms with Crippen LogP contribution in [0.5, 0.6) is 0 Å². The van der Waals surface area contributed by atoms with Gasteiger partial charge in [0.2, 0.25) is 0 Å². The molecular weight excluding hydrogens is 209 g/mol. The summed E-state index contributed by atoms with van der Waals surface area (Å²) in [5, 5.41) is 1.27. The number of rotatable bonds is 1. The van der Waals surface area contributed by atoms with Crippen molar-refractivity contribution in [2.24, 2.45) is 4.99 Å². The van der Waals surface area contributed by atoms with E-state index in [-0.39, 0.29) is 6.04 Å². The zero-order chi connectivity index (χ0) is 9.26. The van der Waals surface area contributed by atoms with Crippen LogP contribution in [0.3, 0.4) is 0 Å². The number of halogens is 2. The van der Waals surface area contributed by atoms with Gasteiger partial charge in [0.15, 0.2) is 6.40 Å². The molecule has 0 saturated heterocycles. The molecule has 0 bridgehead atoms. The van der Waals surface area contributed by atoms with Crippen molar-refractivity contribution in [3.05, 3.63) is 33.8 Å². The van der Waals surface area contributed by atoms with Crippen molar-refractivity contribution in [1.82, 2.24) is 0 Å². The third-order valence-electron chi connectivity index (χ3n) is 1.89. The van der Waals surface area contributed by atoms with Crippen molar-refractivity contribution in [1.29, 1.82) is 0 Å².